The van der Waals surface area contributed by atoms with Crippen molar-refractivity contribution in [1.82, 2.24) is 14.8 Å². The molecule has 33 heavy (non-hydrogen) atoms. The topological polar surface area (TPSA) is 67.5 Å². The zero-order valence-corrected chi connectivity index (χ0v) is 19.7. The third-order valence-electron chi connectivity index (χ3n) is 7.23. The van der Waals surface area contributed by atoms with Crippen LogP contribution in [0.3, 0.4) is 0 Å². The lowest BCUT2D eigenvalue weighted by Gasteiger charge is -2.44. The first-order valence-electron chi connectivity index (χ1n) is 11.9. The maximum atomic E-state index is 13.8. The van der Waals surface area contributed by atoms with E-state index in [1.807, 2.05) is 41.8 Å². The minimum Gasteiger partial charge on any atom is -0.463 e. The zero-order chi connectivity index (χ0) is 23.0. The molecule has 2 amide bonds. The minimum atomic E-state index is -1.03. The summed E-state index contributed by atoms with van der Waals surface area (Å²) in [5, 5.41) is 3.96. The summed E-state index contributed by atoms with van der Waals surface area (Å²) >= 11 is 6.06. The third-order valence-corrected chi connectivity index (χ3v) is 7.48. The van der Waals surface area contributed by atoms with Gasteiger partial charge in [-0.2, -0.15) is 0 Å². The van der Waals surface area contributed by atoms with Gasteiger partial charge in [0.25, 0.3) is 5.91 Å². The highest BCUT2D eigenvalue weighted by molar-refractivity contribution is 6.30. The van der Waals surface area contributed by atoms with Crippen molar-refractivity contribution in [1.29, 1.82) is 0 Å². The Morgan fingerprint density at radius 1 is 1.12 bits per heavy atom. The number of carbonyl (C=O) groups excluding carboxylic acids is 2. The molecular weight excluding hydrogens is 438 g/mol. The summed E-state index contributed by atoms with van der Waals surface area (Å²) in [5.74, 6) is -0.260. The first kappa shape index (κ1) is 22.1. The number of aromatic nitrogens is 1. The van der Waals surface area contributed by atoms with Gasteiger partial charge in [-0.3, -0.25) is 9.59 Å². The number of halogens is 1. The third kappa shape index (κ3) is 4.17. The Hall–Kier alpha value is -2.73. The van der Waals surface area contributed by atoms with Gasteiger partial charge in [-0.05, 0) is 37.5 Å². The summed E-state index contributed by atoms with van der Waals surface area (Å²) in [6, 6.07) is 11.2. The lowest BCUT2D eigenvalue weighted by Crippen LogP contribution is -2.64. The molecule has 5 rings (SSSR count). The minimum absolute atomic E-state index is 0.0913. The van der Waals surface area contributed by atoms with Gasteiger partial charge in [0.05, 0.1) is 18.3 Å². The van der Waals surface area contributed by atoms with E-state index in [-0.39, 0.29) is 17.9 Å². The van der Waals surface area contributed by atoms with Crippen molar-refractivity contribution in [2.45, 2.75) is 76.5 Å². The molecule has 1 saturated carbocycles. The molecule has 1 aliphatic carbocycles. The van der Waals surface area contributed by atoms with E-state index in [1.54, 1.807) is 17.2 Å². The van der Waals surface area contributed by atoms with Gasteiger partial charge >= 0.3 is 0 Å². The number of carbonyl (C=O) groups is 2. The second-order valence-corrected chi connectivity index (χ2v) is 10.0. The zero-order valence-electron chi connectivity index (χ0n) is 19.0. The predicted octanol–water partition coefficient (Wildman–Crippen LogP) is 5.53. The van der Waals surface area contributed by atoms with E-state index in [0.717, 1.165) is 36.8 Å². The molecule has 2 aromatic heterocycles. The molecule has 7 heteroatoms. The molecule has 0 saturated heterocycles. The van der Waals surface area contributed by atoms with Crippen LogP contribution in [0, 0.1) is 0 Å². The van der Waals surface area contributed by atoms with E-state index >= 15 is 0 Å². The summed E-state index contributed by atoms with van der Waals surface area (Å²) in [4.78, 5) is 29.3. The summed E-state index contributed by atoms with van der Waals surface area (Å²) in [6.45, 7) is 2.59. The highest BCUT2D eigenvalue weighted by Crippen LogP contribution is 2.34. The van der Waals surface area contributed by atoms with Crippen LogP contribution in [0.1, 0.15) is 67.9 Å². The standard InChI is InChI=1S/C26H30ClN3O3/c1-26(25(32)28-20-7-5-3-2-4-6-8-20)17-29-21-13-14-33-23(21)15-22(29)24(31)30(26)16-18-9-11-19(27)12-10-18/h9-15,20H,2-8,16-17H2,1H3,(H,28,32)/t26-/m0/s1. The summed E-state index contributed by atoms with van der Waals surface area (Å²) < 4.78 is 7.48. The van der Waals surface area contributed by atoms with Crippen LogP contribution in [-0.2, 0) is 17.9 Å². The smallest absolute Gasteiger partial charge is 0.271 e. The number of fused-ring (bicyclic) bond motifs is 3. The number of nitrogens with zero attached hydrogens (tertiary/aromatic N) is 2. The molecule has 3 heterocycles. The molecular formula is C26H30ClN3O3. The first-order valence-corrected chi connectivity index (χ1v) is 12.3. The lowest BCUT2D eigenvalue weighted by atomic mass is 9.91. The quantitative estimate of drug-likeness (QED) is 0.548. The number of furan rings is 1. The molecule has 0 bridgehead atoms. The molecule has 1 aromatic carbocycles. The monoisotopic (exact) mass is 467 g/mol. The first-order chi connectivity index (χ1) is 16.0. The molecule has 2 aliphatic rings. The van der Waals surface area contributed by atoms with Gasteiger partial charge in [-0.1, -0.05) is 55.8 Å². The number of amides is 2. The molecule has 1 aliphatic heterocycles. The fourth-order valence-electron chi connectivity index (χ4n) is 5.23. The van der Waals surface area contributed by atoms with Crippen LogP contribution in [0.4, 0.5) is 0 Å². The van der Waals surface area contributed by atoms with Crippen molar-refractivity contribution in [2.24, 2.45) is 0 Å². The fourth-order valence-corrected chi connectivity index (χ4v) is 5.36. The van der Waals surface area contributed by atoms with Crippen LogP contribution in [0.15, 0.2) is 47.1 Å². The van der Waals surface area contributed by atoms with Crippen molar-refractivity contribution in [2.75, 3.05) is 0 Å². The number of hydrogen-bond acceptors (Lipinski definition) is 3. The summed E-state index contributed by atoms with van der Waals surface area (Å²) in [7, 11) is 0. The second-order valence-electron chi connectivity index (χ2n) is 9.59. The Labute approximate surface area is 198 Å². The Morgan fingerprint density at radius 2 is 1.82 bits per heavy atom. The van der Waals surface area contributed by atoms with Gasteiger partial charge in [-0.15, -0.1) is 0 Å². The van der Waals surface area contributed by atoms with E-state index in [0.29, 0.717) is 29.4 Å². The maximum Gasteiger partial charge on any atom is 0.271 e. The van der Waals surface area contributed by atoms with Crippen LogP contribution in [-0.4, -0.2) is 32.9 Å². The summed E-state index contributed by atoms with van der Waals surface area (Å²) in [6.07, 6.45) is 9.58. The van der Waals surface area contributed by atoms with Gasteiger partial charge in [-0.25, -0.2) is 0 Å². The van der Waals surface area contributed by atoms with Crippen molar-refractivity contribution in [3.8, 4) is 0 Å². The normalized spacial score (nSPS) is 22.1. The summed E-state index contributed by atoms with van der Waals surface area (Å²) in [5.41, 5.74) is 1.95. The van der Waals surface area contributed by atoms with E-state index in [4.69, 9.17) is 16.0 Å². The van der Waals surface area contributed by atoms with Gasteiger partial charge in [0, 0.05) is 29.7 Å². The van der Waals surface area contributed by atoms with Gasteiger partial charge < -0.3 is 19.2 Å². The van der Waals surface area contributed by atoms with Gasteiger partial charge in [0.15, 0.2) is 5.58 Å². The number of benzene rings is 1. The maximum absolute atomic E-state index is 13.8. The van der Waals surface area contributed by atoms with Crippen molar-refractivity contribution < 1.29 is 14.0 Å². The van der Waals surface area contributed by atoms with Crippen molar-refractivity contribution >= 4 is 34.5 Å². The largest absolute Gasteiger partial charge is 0.463 e. The molecule has 3 aromatic rings. The molecule has 1 atom stereocenters. The molecule has 1 N–H and O–H groups in total. The number of rotatable bonds is 4. The van der Waals surface area contributed by atoms with Crippen LogP contribution >= 0.6 is 11.6 Å². The van der Waals surface area contributed by atoms with Gasteiger partial charge in [0.2, 0.25) is 5.91 Å². The van der Waals surface area contributed by atoms with E-state index in [9.17, 15) is 9.59 Å². The van der Waals surface area contributed by atoms with E-state index < -0.39 is 5.54 Å². The van der Waals surface area contributed by atoms with Crippen molar-refractivity contribution in [3.05, 3.63) is 58.9 Å². The van der Waals surface area contributed by atoms with Crippen LogP contribution in [0.5, 0.6) is 0 Å². The molecule has 174 valence electrons. The molecule has 1 fully saturated rings. The predicted molar refractivity (Wildman–Crippen MR) is 128 cm³/mol. The van der Waals surface area contributed by atoms with E-state index in [1.165, 1.54) is 19.3 Å². The molecule has 0 radical (unpaired) electrons. The van der Waals surface area contributed by atoms with Gasteiger partial charge in [0.1, 0.15) is 11.2 Å². The Bertz CT molecular complexity index is 1160. The fraction of sp³-hybridized carbons (Fsp3) is 0.462. The SMILES string of the molecule is C[C@@]1(C(=O)NC2CCCCCCC2)Cn2c(cc3occc32)C(=O)N1Cc1ccc(Cl)cc1. The van der Waals surface area contributed by atoms with Crippen LogP contribution < -0.4 is 5.32 Å². The number of nitrogens with one attached hydrogen (secondary N) is 1. The van der Waals surface area contributed by atoms with Crippen LogP contribution in [0.2, 0.25) is 5.02 Å². The number of hydrogen-bond donors (Lipinski definition) is 1. The average molecular weight is 468 g/mol. The lowest BCUT2D eigenvalue weighted by molar-refractivity contribution is -0.134. The Kier molecular flexibility index (Phi) is 5.95. The average Bonchev–Trinajstić information content (AvgIpc) is 3.36. The van der Waals surface area contributed by atoms with Crippen LogP contribution in [0.25, 0.3) is 11.1 Å². The highest BCUT2D eigenvalue weighted by atomic mass is 35.5. The second kappa shape index (κ2) is 8.90. The Morgan fingerprint density at radius 3 is 2.55 bits per heavy atom. The highest BCUT2D eigenvalue weighted by Gasteiger charge is 2.48. The molecule has 0 unspecified atom stereocenters. The Balaban J connectivity index is 1.49. The van der Waals surface area contributed by atoms with Crippen molar-refractivity contribution in [3.63, 3.8) is 0 Å². The molecule has 0 spiro atoms. The van der Waals surface area contributed by atoms with E-state index in [2.05, 4.69) is 5.32 Å². The molecule has 6 nitrogen and oxygen atoms in total.